The fourth-order valence-electron chi connectivity index (χ4n) is 2.44. The number of carbonyl (C=O) groups is 1. The van der Waals surface area contributed by atoms with Gasteiger partial charge < -0.3 is 14.8 Å². The van der Waals surface area contributed by atoms with Crippen LogP contribution in [-0.4, -0.2) is 32.8 Å². The predicted molar refractivity (Wildman–Crippen MR) is 68.7 cm³/mol. The van der Waals surface area contributed by atoms with E-state index in [-0.39, 0.29) is 23.6 Å². The highest BCUT2D eigenvalue weighted by Gasteiger charge is 2.35. The molecule has 0 aliphatic carbocycles. The Kier molecular flexibility index (Phi) is 4.37. The van der Waals surface area contributed by atoms with Crippen LogP contribution < -0.4 is 10.1 Å². The van der Waals surface area contributed by atoms with Crippen molar-refractivity contribution in [2.45, 2.75) is 12.8 Å². The summed E-state index contributed by atoms with van der Waals surface area (Å²) >= 11 is 0. The van der Waals surface area contributed by atoms with Gasteiger partial charge in [0.05, 0.1) is 19.6 Å². The van der Waals surface area contributed by atoms with Crippen molar-refractivity contribution in [3.8, 4) is 5.75 Å². The number of methoxy groups -OCH3 is 1. The third kappa shape index (κ3) is 2.87. The smallest absolute Gasteiger partial charge is 0.310 e. The van der Waals surface area contributed by atoms with Crippen molar-refractivity contribution < 1.29 is 18.7 Å². The lowest BCUT2D eigenvalue weighted by Crippen LogP contribution is -2.24. The van der Waals surface area contributed by atoms with Gasteiger partial charge in [0.2, 0.25) is 0 Å². The first-order valence-electron chi connectivity index (χ1n) is 6.38. The summed E-state index contributed by atoms with van der Waals surface area (Å²) in [6.07, 6.45) is 0. The fraction of sp³-hybridized carbons (Fsp3) is 0.500. The van der Waals surface area contributed by atoms with Crippen LogP contribution >= 0.6 is 0 Å². The van der Waals surface area contributed by atoms with Crippen LogP contribution in [0.1, 0.15) is 18.4 Å². The lowest BCUT2D eigenvalue weighted by atomic mass is 9.89. The average molecular weight is 267 g/mol. The Bertz CT molecular complexity index is 464. The second-order valence-electron chi connectivity index (χ2n) is 4.52. The molecule has 0 unspecified atom stereocenters. The maximum Gasteiger partial charge on any atom is 0.310 e. The van der Waals surface area contributed by atoms with Crippen LogP contribution in [0.5, 0.6) is 5.75 Å². The van der Waals surface area contributed by atoms with E-state index >= 15 is 0 Å². The van der Waals surface area contributed by atoms with Gasteiger partial charge in [0.25, 0.3) is 0 Å². The maximum atomic E-state index is 13.7. The number of benzene rings is 1. The summed E-state index contributed by atoms with van der Waals surface area (Å²) in [6, 6.07) is 4.82. The van der Waals surface area contributed by atoms with E-state index in [1.807, 2.05) is 0 Å². The normalized spacial score (nSPS) is 22.3. The quantitative estimate of drug-likeness (QED) is 0.844. The van der Waals surface area contributed by atoms with Gasteiger partial charge in [0.15, 0.2) is 11.6 Å². The molecule has 1 heterocycles. The zero-order valence-electron chi connectivity index (χ0n) is 11.1. The van der Waals surface area contributed by atoms with Crippen LogP contribution in [0.3, 0.4) is 0 Å². The summed E-state index contributed by atoms with van der Waals surface area (Å²) in [5.74, 6) is -0.738. The Balaban J connectivity index is 2.20. The topological polar surface area (TPSA) is 47.6 Å². The van der Waals surface area contributed by atoms with Crippen molar-refractivity contribution in [2.75, 3.05) is 26.8 Å². The molecule has 1 N–H and O–H groups in total. The van der Waals surface area contributed by atoms with Gasteiger partial charge in [-0.3, -0.25) is 4.79 Å². The summed E-state index contributed by atoms with van der Waals surface area (Å²) in [4.78, 5) is 11.9. The minimum absolute atomic E-state index is 0.0561. The van der Waals surface area contributed by atoms with Gasteiger partial charge in [-0.15, -0.1) is 0 Å². The molecule has 1 fully saturated rings. The van der Waals surface area contributed by atoms with Crippen LogP contribution in [0.15, 0.2) is 18.2 Å². The monoisotopic (exact) mass is 267 g/mol. The molecule has 0 aromatic heterocycles. The number of carbonyl (C=O) groups excluding carboxylic acids is 1. The van der Waals surface area contributed by atoms with Crippen molar-refractivity contribution in [3.05, 3.63) is 29.6 Å². The molecule has 1 saturated heterocycles. The molecule has 104 valence electrons. The molecule has 0 saturated carbocycles. The summed E-state index contributed by atoms with van der Waals surface area (Å²) in [5, 5.41) is 3.15. The van der Waals surface area contributed by atoms with Crippen molar-refractivity contribution in [2.24, 2.45) is 5.92 Å². The van der Waals surface area contributed by atoms with Crippen molar-refractivity contribution in [3.63, 3.8) is 0 Å². The second kappa shape index (κ2) is 6.02. The molecule has 1 aromatic carbocycles. The summed E-state index contributed by atoms with van der Waals surface area (Å²) in [6.45, 7) is 3.35. The summed E-state index contributed by atoms with van der Waals surface area (Å²) in [5.41, 5.74) is 0.793. The zero-order valence-corrected chi connectivity index (χ0v) is 11.1. The Labute approximate surface area is 111 Å². The lowest BCUT2D eigenvalue weighted by Gasteiger charge is -2.18. The molecule has 0 amide bonds. The van der Waals surface area contributed by atoms with E-state index in [0.717, 1.165) is 5.56 Å². The number of nitrogens with one attached hydrogen (secondary N) is 1. The summed E-state index contributed by atoms with van der Waals surface area (Å²) in [7, 11) is 1.43. The van der Waals surface area contributed by atoms with E-state index < -0.39 is 5.82 Å². The van der Waals surface area contributed by atoms with Crippen molar-refractivity contribution >= 4 is 5.97 Å². The highest BCUT2D eigenvalue weighted by Crippen LogP contribution is 2.31. The van der Waals surface area contributed by atoms with Gasteiger partial charge in [0, 0.05) is 19.0 Å². The highest BCUT2D eigenvalue weighted by molar-refractivity contribution is 5.74. The molecule has 0 bridgehead atoms. The molecule has 4 nitrogen and oxygen atoms in total. The van der Waals surface area contributed by atoms with Gasteiger partial charge in [-0.25, -0.2) is 4.39 Å². The van der Waals surface area contributed by atoms with Gasteiger partial charge in [0.1, 0.15) is 0 Å². The van der Waals surface area contributed by atoms with E-state index in [9.17, 15) is 9.18 Å². The molecule has 5 heteroatoms. The molecular formula is C14H18FNO3. The minimum Gasteiger partial charge on any atom is -0.494 e. The van der Waals surface area contributed by atoms with Crippen LogP contribution in [-0.2, 0) is 9.53 Å². The average Bonchev–Trinajstić information content (AvgIpc) is 2.88. The first kappa shape index (κ1) is 13.8. The van der Waals surface area contributed by atoms with Crippen LogP contribution in [0.2, 0.25) is 0 Å². The number of esters is 1. The molecule has 1 aromatic rings. The van der Waals surface area contributed by atoms with E-state index in [1.165, 1.54) is 13.2 Å². The minimum atomic E-state index is -0.408. The predicted octanol–water partition coefficient (Wildman–Crippen LogP) is 1.70. The van der Waals surface area contributed by atoms with Gasteiger partial charge >= 0.3 is 5.97 Å². The Morgan fingerprint density at radius 3 is 2.89 bits per heavy atom. The molecule has 0 spiro atoms. The number of ether oxygens (including phenoxy) is 2. The zero-order chi connectivity index (χ0) is 13.8. The Morgan fingerprint density at radius 2 is 2.26 bits per heavy atom. The fourth-order valence-corrected chi connectivity index (χ4v) is 2.44. The highest BCUT2D eigenvalue weighted by atomic mass is 19.1. The number of hydrogen-bond donors (Lipinski definition) is 1. The Morgan fingerprint density at radius 1 is 1.47 bits per heavy atom. The number of rotatable bonds is 4. The first-order chi connectivity index (χ1) is 9.17. The first-order valence-corrected chi connectivity index (χ1v) is 6.38. The molecule has 0 radical (unpaired) electrons. The molecule has 2 atom stereocenters. The number of hydrogen-bond acceptors (Lipinski definition) is 4. The van der Waals surface area contributed by atoms with Crippen LogP contribution in [0.25, 0.3) is 0 Å². The number of halogens is 1. The van der Waals surface area contributed by atoms with Gasteiger partial charge in [-0.2, -0.15) is 0 Å². The van der Waals surface area contributed by atoms with E-state index in [2.05, 4.69) is 5.32 Å². The third-order valence-corrected chi connectivity index (χ3v) is 3.41. The van der Waals surface area contributed by atoms with E-state index in [1.54, 1.807) is 19.1 Å². The van der Waals surface area contributed by atoms with Crippen molar-refractivity contribution in [1.82, 2.24) is 5.32 Å². The largest absolute Gasteiger partial charge is 0.494 e. The van der Waals surface area contributed by atoms with Crippen molar-refractivity contribution in [1.29, 1.82) is 0 Å². The van der Waals surface area contributed by atoms with Crippen LogP contribution in [0, 0.1) is 11.7 Å². The molecule has 1 aliphatic rings. The molecule has 19 heavy (non-hydrogen) atoms. The SMILES string of the molecule is CCOC(=O)[C@@H]1CNC[C@H]1c1ccc(OC)c(F)c1. The van der Waals surface area contributed by atoms with Gasteiger partial charge in [-0.1, -0.05) is 6.07 Å². The molecule has 1 aliphatic heterocycles. The third-order valence-electron chi connectivity index (χ3n) is 3.41. The maximum absolute atomic E-state index is 13.7. The van der Waals surface area contributed by atoms with E-state index in [4.69, 9.17) is 9.47 Å². The van der Waals surface area contributed by atoms with Gasteiger partial charge in [-0.05, 0) is 24.6 Å². The lowest BCUT2D eigenvalue weighted by molar-refractivity contribution is -0.147. The molecule has 2 rings (SSSR count). The molecular weight excluding hydrogens is 249 g/mol. The Hall–Kier alpha value is -1.62. The van der Waals surface area contributed by atoms with Crippen LogP contribution in [0.4, 0.5) is 4.39 Å². The second-order valence-corrected chi connectivity index (χ2v) is 4.52. The standard InChI is InChI=1S/C14H18FNO3/c1-3-19-14(17)11-8-16-7-10(11)9-4-5-13(18-2)12(15)6-9/h4-6,10-11,16H,3,7-8H2,1-2H3/t10-,11+/m0/s1. The van der Waals surface area contributed by atoms with E-state index in [0.29, 0.717) is 19.7 Å². The summed E-state index contributed by atoms with van der Waals surface area (Å²) < 4.78 is 23.7.